The Bertz CT molecular complexity index is 565. The molecule has 0 aliphatic carbocycles. The molecule has 1 atom stereocenters. The molecule has 0 aliphatic heterocycles. The second-order valence-corrected chi connectivity index (χ2v) is 4.65. The van der Waals surface area contributed by atoms with Crippen LogP contribution in [0, 0.1) is 0 Å². The van der Waals surface area contributed by atoms with Gasteiger partial charge in [0, 0.05) is 10.7 Å². The molecular formula is C13H14ClF3N2O4. The van der Waals surface area contributed by atoms with Gasteiger partial charge in [-0.1, -0.05) is 11.6 Å². The van der Waals surface area contributed by atoms with Gasteiger partial charge in [-0.2, -0.15) is 13.2 Å². The maximum absolute atomic E-state index is 13.5. The van der Waals surface area contributed by atoms with Crippen LogP contribution >= 0.6 is 11.6 Å². The summed E-state index contributed by atoms with van der Waals surface area (Å²) in [6.07, 6.45) is -6.65. The Hall–Kier alpha value is -2.16. The molecular weight excluding hydrogens is 341 g/mol. The molecule has 0 aromatic heterocycles. The first-order valence-corrected chi connectivity index (χ1v) is 6.68. The molecule has 128 valence electrons. The zero-order chi connectivity index (χ0) is 17.7. The maximum Gasteiger partial charge on any atom is 0.442 e. The fourth-order valence-electron chi connectivity index (χ4n) is 1.61. The van der Waals surface area contributed by atoms with Gasteiger partial charge >= 0.3 is 23.9 Å². The molecule has 0 bridgehead atoms. The van der Waals surface area contributed by atoms with E-state index >= 15 is 0 Å². The first-order chi connectivity index (χ1) is 10.7. The maximum atomic E-state index is 13.5. The number of alkyl carbamates (subject to hydrolysis) is 1. The monoisotopic (exact) mass is 354 g/mol. The number of methoxy groups -OCH3 is 1. The molecule has 0 heterocycles. The van der Waals surface area contributed by atoms with Crippen LogP contribution in [0.3, 0.4) is 0 Å². The number of anilines is 1. The van der Waals surface area contributed by atoms with E-state index in [-0.39, 0.29) is 17.3 Å². The third kappa shape index (κ3) is 4.41. The second kappa shape index (κ2) is 7.40. The van der Waals surface area contributed by atoms with Crippen molar-refractivity contribution in [3.05, 3.63) is 29.3 Å². The summed E-state index contributed by atoms with van der Waals surface area (Å²) in [4.78, 5) is 23.3. The Morgan fingerprint density at radius 2 is 1.78 bits per heavy atom. The molecule has 1 amide bonds. The van der Waals surface area contributed by atoms with Gasteiger partial charge in [-0.25, -0.2) is 9.59 Å². The van der Waals surface area contributed by atoms with E-state index < -0.39 is 23.9 Å². The zero-order valence-electron chi connectivity index (χ0n) is 12.2. The van der Waals surface area contributed by atoms with Crippen molar-refractivity contribution in [2.45, 2.75) is 18.8 Å². The molecule has 1 aromatic rings. The Morgan fingerprint density at radius 1 is 1.22 bits per heavy atom. The quantitative estimate of drug-likeness (QED) is 0.628. The Balaban J connectivity index is 3.28. The number of hydrogen-bond acceptors (Lipinski definition) is 5. The molecule has 1 aromatic carbocycles. The fourth-order valence-corrected chi connectivity index (χ4v) is 1.74. The predicted octanol–water partition coefficient (Wildman–Crippen LogP) is 2.93. The van der Waals surface area contributed by atoms with Crippen LogP contribution in [0.25, 0.3) is 0 Å². The number of nitrogens with one attached hydrogen (secondary N) is 2. The molecule has 1 rings (SSSR count). The standard InChI is InChI=1S/C13H14ClF3N2O4/c1-3-23-11(21)19-12(10(20)22-2,13(15,16)17)18-9-6-4-8(14)5-7-9/h4-7,18H,3H2,1-2H3,(H,19,21). The average molecular weight is 355 g/mol. The summed E-state index contributed by atoms with van der Waals surface area (Å²) in [5.41, 5.74) is -3.63. The van der Waals surface area contributed by atoms with Crippen molar-refractivity contribution in [2.75, 3.05) is 19.0 Å². The highest BCUT2D eigenvalue weighted by molar-refractivity contribution is 6.30. The highest BCUT2D eigenvalue weighted by Gasteiger charge is 2.63. The summed E-state index contributed by atoms with van der Waals surface area (Å²) in [5.74, 6) is -1.76. The number of ether oxygens (including phenoxy) is 2. The molecule has 0 saturated heterocycles. The average Bonchev–Trinajstić information content (AvgIpc) is 2.47. The number of rotatable bonds is 5. The SMILES string of the molecule is CCOC(=O)NC(Nc1ccc(Cl)cc1)(C(=O)OC)C(F)(F)F. The first-order valence-electron chi connectivity index (χ1n) is 6.30. The normalized spacial score (nSPS) is 13.7. The minimum Gasteiger partial charge on any atom is -0.466 e. The fraction of sp³-hybridized carbons (Fsp3) is 0.385. The van der Waals surface area contributed by atoms with Crippen LogP contribution in [-0.4, -0.2) is 37.6 Å². The highest BCUT2D eigenvalue weighted by Crippen LogP contribution is 2.33. The van der Waals surface area contributed by atoms with E-state index in [0.29, 0.717) is 0 Å². The van der Waals surface area contributed by atoms with E-state index in [2.05, 4.69) is 9.47 Å². The molecule has 0 spiro atoms. The summed E-state index contributed by atoms with van der Waals surface area (Å²) >= 11 is 5.66. The third-order valence-corrected chi connectivity index (χ3v) is 2.91. The van der Waals surface area contributed by atoms with Crippen molar-refractivity contribution in [2.24, 2.45) is 0 Å². The minimum absolute atomic E-state index is 0.117. The number of benzene rings is 1. The van der Waals surface area contributed by atoms with E-state index in [1.807, 2.05) is 5.32 Å². The topological polar surface area (TPSA) is 76.7 Å². The van der Waals surface area contributed by atoms with Gasteiger partial charge in [-0.15, -0.1) is 0 Å². The van der Waals surface area contributed by atoms with Gasteiger partial charge in [0.05, 0.1) is 13.7 Å². The number of halogens is 4. The van der Waals surface area contributed by atoms with Gasteiger partial charge < -0.3 is 14.8 Å². The molecule has 0 saturated carbocycles. The van der Waals surface area contributed by atoms with Gasteiger partial charge in [0.2, 0.25) is 0 Å². The molecule has 10 heteroatoms. The number of carbonyl (C=O) groups is 2. The van der Waals surface area contributed by atoms with Gasteiger partial charge in [0.15, 0.2) is 0 Å². The lowest BCUT2D eigenvalue weighted by atomic mass is 10.1. The van der Waals surface area contributed by atoms with E-state index in [4.69, 9.17) is 11.6 Å². The van der Waals surface area contributed by atoms with Crippen molar-refractivity contribution in [1.29, 1.82) is 0 Å². The summed E-state index contributed by atoms with van der Waals surface area (Å²) in [5, 5.41) is 3.69. The van der Waals surface area contributed by atoms with Crippen molar-refractivity contribution in [3.8, 4) is 0 Å². The van der Waals surface area contributed by atoms with Gasteiger partial charge in [-0.05, 0) is 31.2 Å². The minimum atomic E-state index is -5.22. The zero-order valence-corrected chi connectivity index (χ0v) is 12.9. The number of esters is 1. The van der Waals surface area contributed by atoms with Crippen molar-refractivity contribution in [1.82, 2.24) is 5.32 Å². The number of amides is 1. The summed E-state index contributed by atoms with van der Waals surface area (Å²) in [6.45, 7) is 1.22. The summed E-state index contributed by atoms with van der Waals surface area (Å²) in [7, 11) is 0.763. The molecule has 1 unspecified atom stereocenters. The van der Waals surface area contributed by atoms with E-state index in [1.165, 1.54) is 36.5 Å². The number of hydrogen-bond donors (Lipinski definition) is 2. The van der Waals surface area contributed by atoms with Crippen LogP contribution in [0.1, 0.15) is 6.92 Å². The van der Waals surface area contributed by atoms with Crippen LogP contribution in [0.2, 0.25) is 5.02 Å². The molecule has 6 nitrogen and oxygen atoms in total. The molecule has 0 aliphatic rings. The number of carbonyl (C=O) groups excluding carboxylic acids is 2. The van der Waals surface area contributed by atoms with Crippen molar-refractivity contribution in [3.63, 3.8) is 0 Å². The number of alkyl halides is 3. The highest BCUT2D eigenvalue weighted by atomic mass is 35.5. The van der Waals surface area contributed by atoms with Crippen LogP contribution in [0.4, 0.5) is 23.7 Å². The summed E-state index contributed by atoms with van der Waals surface area (Å²) < 4.78 is 49.2. The van der Waals surface area contributed by atoms with E-state index in [0.717, 1.165) is 7.11 Å². The summed E-state index contributed by atoms with van der Waals surface area (Å²) in [6, 6.07) is 5.04. The Morgan fingerprint density at radius 3 is 2.22 bits per heavy atom. The lowest BCUT2D eigenvalue weighted by molar-refractivity contribution is -0.203. The van der Waals surface area contributed by atoms with Crippen molar-refractivity contribution >= 4 is 29.4 Å². The second-order valence-electron chi connectivity index (χ2n) is 4.22. The molecule has 0 fully saturated rings. The van der Waals surface area contributed by atoms with Gasteiger partial charge in [0.1, 0.15) is 0 Å². The smallest absolute Gasteiger partial charge is 0.442 e. The Labute approximate surface area is 134 Å². The van der Waals surface area contributed by atoms with E-state index in [9.17, 15) is 22.8 Å². The molecule has 0 radical (unpaired) electrons. The van der Waals surface area contributed by atoms with Crippen LogP contribution in [-0.2, 0) is 14.3 Å². The molecule has 2 N–H and O–H groups in total. The van der Waals surface area contributed by atoms with E-state index in [1.54, 1.807) is 0 Å². The van der Waals surface area contributed by atoms with Gasteiger partial charge in [-0.3, -0.25) is 5.32 Å². The Kier molecular flexibility index (Phi) is 6.08. The molecule has 23 heavy (non-hydrogen) atoms. The van der Waals surface area contributed by atoms with Gasteiger partial charge in [0.25, 0.3) is 0 Å². The first kappa shape index (κ1) is 18.9. The lowest BCUT2D eigenvalue weighted by Crippen LogP contribution is -2.69. The predicted molar refractivity (Wildman–Crippen MR) is 76.0 cm³/mol. The van der Waals surface area contributed by atoms with Crippen LogP contribution in [0.15, 0.2) is 24.3 Å². The van der Waals surface area contributed by atoms with Crippen LogP contribution in [0.5, 0.6) is 0 Å². The largest absolute Gasteiger partial charge is 0.466 e. The van der Waals surface area contributed by atoms with Crippen LogP contribution < -0.4 is 10.6 Å². The lowest BCUT2D eigenvalue weighted by Gasteiger charge is -2.34. The third-order valence-electron chi connectivity index (χ3n) is 2.66. The van der Waals surface area contributed by atoms with Crippen molar-refractivity contribution < 1.29 is 32.2 Å².